The average Bonchev–Trinajstić information content (AvgIpc) is 1.74. The van der Waals surface area contributed by atoms with Crippen molar-refractivity contribution in [3.05, 3.63) is 266 Å². The van der Waals surface area contributed by atoms with E-state index in [2.05, 4.69) is 0 Å². The van der Waals surface area contributed by atoms with Gasteiger partial charge in [0.1, 0.15) is 0 Å². The third-order valence-corrected chi connectivity index (χ3v) is 14.8. The van der Waals surface area contributed by atoms with Crippen molar-refractivity contribution in [1.29, 1.82) is 0 Å². The van der Waals surface area contributed by atoms with Crippen LogP contribution >= 0.6 is 0 Å². The largest absolute Gasteiger partial charge is 0.417 e. The van der Waals surface area contributed by atoms with Crippen molar-refractivity contribution in [3.63, 3.8) is 0 Å². The molecule has 0 bridgehead atoms. The zero-order chi connectivity index (χ0) is 59.2. The van der Waals surface area contributed by atoms with E-state index in [9.17, 15) is 13.2 Å². The van der Waals surface area contributed by atoms with Crippen LogP contribution in [-0.2, 0) is 12.4 Å². The number of alkyl halides is 6. The molecular formula is C71H42F6N10. The Morgan fingerprint density at radius 3 is 0.874 bits per heavy atom. The first-order chi connectivity index (χ1) is 42.4. The standard InChI is InChI=1S/C71H42F6N10/c72-70(73,74)51-33-35-53(58(41-51)71(75,76)77)55-42-52(34-36-54(55)69-85-65(47-27-15-5-16-28-47)80-66(86-69)48-29-17-6-18-30-48)87-59-37-31-49(67-81-61(43-19-7-1-8-20-43)78-62(82-67)44-21-9-2-10-22-44)39-56(59)57-40-50(32-38-60(57)87)68-83-63(45-23-11-3-12-24-45)79-64(84-68)46-25-13-4-14-26-46/h1-42H. The summed E-state index contributed by atoms with van der Waals surface area (Å²) in [6, 6.07) is 74.3. The number of hydrogen-bond acceptors (Lipinski definition) is 9. The molecule has 10 nitrogen and oxygen atoms in total. The molecule has 0 N–H and O–H groups in total. The lowest BCUT2D eigenvalue weighted by Gasteiger charge is -2.20. The van der Waals surface area contributed by atoms with Crippen molar-refractivity contribution in [2.24, 2.45) is 0 Å². The van der Waals surface area contributed by atoms with E-state index in [1.54, 1.807) is 60.7 Å². The lowest BCUT2D eigenvalue weighted by molar-refractivity contribution is -0.142. The quantitative estimate of drug-likeness (QED) is 0.117. The van der Waals surface area contributed by atoms with Gasteiger partial charge in [0.15, 0.2) is 52.4 Å². The molecule has 0 radical (unpaired) electrons. The van der Waals surface area contributed by atoms with E-state index in [-0.39, 0.29) is 34.7 Å². The van der Waals surface area contributed by atoms with Crippen molar-refractivity contribution in [1.82, 2.24) is 49.4 Å². The Kier molecular flexibility index (Phi) is 13.5. The van der Waals surface area contributed by atoms with Crippen molar-refractivity contribution in [2.75, 3.05) is 0 Å². The Labute approximate surface area is 493 Å². The van der Waals surface area contributed by atoms with Crippen LogP contribution in [0.4, 0.5) is 26.3 Å². The second-order valence-electron chi connectivity index (χ2n) is 20.4. The normalized spacial score (nSPS) is 11.8. The highest BCUT2D eigenvalue weighted by Crippen LogP contribution is 2.46. The van der Waals surface area contributed by atoms with Gasteiger partial charge in [0, 0.05) is 66.5 Å². The second kappa shape index (κ2) is 22.0. The van der Waals surface area contributed by atoms with Gasteiger partial charge in [-0.2, -0.15) is 26.3 Å². The van der Waals surface area contributed by atoms with Crippen molar-refractivity contribution in [3.8, 4) is 119 Å². The van der Waals surface area contributed by atoms with Gasteiger partial charge >= 0.3 is 12.4 Å². The van der Waals surface area contributed by atoms with Crippen LogP contribution in [0.1, 0.15) is 11.1 Å². The number of hydrogen-bond donors (Lipinski definition) is 0. The molecule has 4 aromatic heterocycles. The molecule has 0 aliphatic rings. The predicted molar refractivity (Wildman–Crippen MR) is 325 cm³/mol. The third-order valence-electron chi connectivity index (χ3n) is 14.8. The summed E-state index contributed by atoms with van der Waals surface area (Å²) in [5.41, 5.74) is 3.61. The molecule has 0 amide bonds. The second-order valence-corrected chi connectivity index (χ2v) is 20.4. The van der Waals surface area contributed by atoms with Crippen molar-refractivity contribution >= 4 is 21.8 Å². The monoisotopic (exact) mass is 1150 g/mol. The highest BCUT2D eigenvalue weighted by Gasteiger charge is 2.39. The Balaban J connectivity index is 1.03. The summed E-state index contributed by atoms with van der Waals surface area (Å²) in [5, 5.41) is 1.36. The minimum Gasteiger partial charge on any atom is -0.309 e. The molecule has 4 heterocycles. The lowest BCUT2D eigenvalue weighted by atomic mass is 9.92. The average molecular weight is 1150 g/mol. The van der Waals surface area contributed by atoms with Gasteiger partial charge in [-0.3, -0.25) is 0 Å². The van der Waals surface area contributed by atoms with Gasteiger partial charge < -0.3 is 4.57 Å². The maximum Gasteiger partial charge on any atom is 0.417 e. The Morgan fingerprint density at radius 2 is 0.552 bits per heavy atom. The van der Waals surface area contributed by atoms with Crippen molar-refractivity contribution in [2.45, 2.75) is 12.4 Å². The fourth-order valence-electron chi connectivity index (χ4n) is 10.7. The Bertz CT molecular complexity index is 4520. The van der Waals surface area contributed by atoms with Crippen LogP contribution in [0.25, 0.3) is 141 Å². The van der Waals surface area contributed by atoms with Gasteiger partial charge in [0.25, 0.3) is 0 Å². The molecule has 14 aromatic rings. The molecule has 0 aliphatic heterocycles. The molecule has 16 heteroatoms. The lowest BCUT2D eigenvalue weighted by Crippen LogP contribution is -2.12. The van der Waals surface area contributed by atoms with Crippen molar-refractivity contribution < 1.29 is 26.3 Å². The van der Waals surface area contributed by atoms with Crippen LogP contribution in [-0.4, -0.2) is 49.4 Å². The number of rotatable bonds is 11. The fraction of sp³-hybridized carbons (Fsp3) is 0.0282. The Morgan fingerprint density at radius 1 is 0.241 bits per heavy atom. The van der Waals surface area contributed by atoms with Crippen LogP contribution in [0.3, 0.4) is 0 Å². The summed E-state index contributed by atoms with van der Waals surface area (Å²) in [4.78, 5) is 44.6. The molecule has 0 fully saturated rings. The number of halogens is 6. The molecule has 0 atom stereocenters. The molecule has 0 aliphatic carbocycles. The number of fused-ring (bicyclic) bond motifs is 3. The SMILES string of the molecule is FC(F)(F)c1ccc(-c2cc(-n3c4ccc(-c5nc(-c6ccccc6)nc(-c6ccccc6)n5)cc4c4cc(-c5nc(-c6ccccc6)nc(-c6ccccc6)n5)ccc43)ccc2-c2nc(-c3ccccc3)nc(-c3ccccc3)n2)c(C(F)(F)F)c1. The van der Waals surface area contributed by atoms with Crippen LogP contribution in [0.15, 0.2) is 255 Å². The Hall–Kier alpha value is -11.4. The van der Waals surface area contributed by atoms with E-state index < -0.39 is 29.0 Å². The molecule has 0 saturated carbocycles. The topological polar surface area (TPSA) is 121 Å². The molecule has 418 valence electrons. The first-order valence-electron chi connectivity index (χ1n) is 27.5. The molecular weight excluding hydrogens is 1110 g/mol. The van der Waals surface area contributed by atoms with Crippen LogP contribution < -0.4 is 0 Å². The summed E-state index contributed by atoms with van der Waals surface area (Å²) in [6.45, 7) is 0. The maximum atomic E-state index is 15.6. The molecule has 14 rings (SSSR count). The number of benzene rings is 10. The smallest absolute Gasteiger partial charge is 0.309 e. The van der Waals surface area contributed by atoms with E-state index in [0.29, 0.717) is 90.8 Å². The third kappa shape index (κ3) is 10.6. The van der Waals surface area contributed by atoms with Gasteiger partial charge in [-0.05, 0) is 77.9 Å². The van der Waals surface area contributed by atoms with E-state index in [0.717, 1.165) is 28.3 Å². The van der Waals surface area contributed by atoms with Gasteiger partial charge in [-0.15, -0.1) is 0 Å². The summed E-state index contributed by atoms with van der Waals surface area (Å²) >= 11 is 0. The van der Waals surface area contributed by atoms with Crippen LogP contribution in [0.5, 0.6) is 0 Å². The molecule has 10 aromatic carbocycles. The summed E-state index contributed by atoms with van der Waals surface area (Å²) in [5.74, 6) is 2.96. The zero-order valence-corrected chi connectivity index (χ0v) is 45.5. The highest BCUT2D eigenvalue weighted by molar-refractivity contribution is 6.11. The van der Waals surface area contributed by atoms with E-state index >= 15 is 13.2 Å². The first kappa shape index (κ1) is 53.6. The van der Waals surface area contributed by atoms with Gasteiger partial charge in [0.05, 0.1) is 22.2 Å². The fourth-order valence-corrected chi connectivity index (χ4v) is 10.7. The molecule has 0 saturated heterocycles. The molecule has 0 spiro atoms. The number of nitrogens with zero attached hydrogens (tertiary/aromatic N) is 10. The zero-order valence-electron chi connectivity index (χ0n) is 45.5. The molecule has 87 heavy (non-hydrogen) atoms. The van der Waals surface area contributed by atoms with Gasteiger partial charge in [0.2, 0.25) is 0 Å². The van der Waals surface area contributed by atoms with E-state index in [1.165, 1.54) is 6.07 Å². The van der Waals surface area contributed by atoms with Crippen LogP contribution in [0.2, 0.25) is 0 Å². The van der Waals surface area contributed by atoms with E-state index in [1.807, 2.05) is 174 Å². The minimum absolute atomic E-state index is 0.0158. The summed E-state index contributed by atoms with van der Waals surface area (Å²) in [7, 11) is 0. The first-order valence-corrected chi connectivity index (χ1v) is 27.5. The minimum atomic E-state index is -5.25. The molecule has 0 unspecified atom stereocenters. The summed E-state index contributed by atoms with van der Waals surface area (Å²) in [6.07, 6.45) is -10.3. The maximum absolute atomic E-state index is 15.6. The van der Waals surface area contributed by atoms with E-state index in [4.69, 9.17) is 44.9 Å². The highest BCUT2D eigenvalue weighted by atomic mass is 19.4. The number of aromatic nitrogens is 10. The van der Waals surface area contributed by atoms with Gasteiger partial charge in [-0.25, -0.2) is 44.9 Å². The predicted octanol–water partition coefficient (Wildman–Crippen LogP) is 18.0. The summed E-state index contributed by atoms with van der Waals surface area (Å²) < 4.78 is 92.0. The van der Waals surface area contributed by atoms with Crippen LogP contribution in [0, 0.1) is 0 Å². The van der Waals surface area contributed by atoms with Gasteiger partial charge in [-0.1, -0.05) is 188 Å².